The number of carboxylic acid groups (broad SMARTS) is 1. The third kappa shape index (κ3) is 3.84. The summed E-state index contributed by atoms with van der Waals surface area (Å²) >= 11 is 0. The predicted molar refractivity (Wildman–Crippen MR) is 67.0 cm³/mol. The molecule has 2 aromatic rings. The molecule has 0 fully saturated rings. The largest absolute Gasteiger partial charge is 0.548 e. The van der Waals surface area contributed by atoms with Gasteiger partial charge in [-0.25, -0.2) is 4.98 Å². The highest BCUT2D eigenvalue weighted by molar-refractivity contribution is 5.94. The topological polar surface area (TPSA) is 111 Å². The summed E-state index contributed by atoms with van der Waals surface area (Å²) in [5.74, 6) is -1.88. The first-order valence-electron chi connectivity index (χ1n) is 5.84. The van der Waals surface area contributed by atoms with Crippen LogP contribution < -0.4 is 10.4 Å². The third-order valence-corrected chi connectivity index (χ3v) is 2.55. The first-order chi connectivity index (χ1) is 9.65. The minimum atomic E-state index is -1.36. The van der Waals surface area contributed by atoms with Crippen LogP contribution in [0.4, 0.5) is 0 Å². The number of carbonyl (C=O) groups excluding carboxylic acids is 2. The summed E-state index contributed by atoms with van der Waals surface area (Å²) < 4.78 is 4.84. The zero-order valence-corrected chi connectivity index (χ0v) is 10.4. The first kappa shape index (κ1) is 13.6. The number of carboxylic acids is 1. The van der Waals surface area contributed by atoms with Crippen LogP contribution in [0.25, 0.3) is 6.08 Å². The summed E-state index contributed by atoms with van der Waals surface area (Å²) in [5, 5.41) is 13.3. The maximum atomic E-state index is 11.6. The average Bonchev–Trinajstić information content (AvgIpc) is 3.08. The molecule has 7 heteroatoms. The molecule has 2 rings (SSSR count). The second-order valence-electron chi connectivity index (χ2n) is 4.05. The van der Waals surface area contributed by atoms with E-state index in [2.05, 4.69) is 15.3 Å². The Balaban J connectivity index is 1.94. The molecular formula is C13H12N3O4-. The van der Waals surface area contributed by atoms with Crippen LogP contribution in [-0.4, -0.2) is 27.9 Å². The van der Waals surface area contributed by atoms with Crippen LogP contribution in [0.3, 0.4) is 0 Å². The van der Waals surface area contributed by atoms with Crippen LogP contribution in [0.15, 0.2) is 41.6 Å². The maximum absolute atomic E-state index is 11.6. The van der Waals surface area contributed by atoms with Gasteiger partial charge in [-0.05, 0) is 12.1 Å². The van der Waals surface area contributed by atoms with Crippen molar-refractivity contribution in [3.05, 3.63) is 48.5 Å². The first-order valence-corrected chi connectivity index (χ1v) is 5.84. The Morgan fingerprint density at radius 3 is 3.00 bits per heavy atom. The van der Waals surface area contributed by atoms with Gasteiger partial charge in [-0.3, -0.25) is 4.79 Å². The zero-order valence-electron chi connectivity index (χ0n) is 10.4. The van der Waals surface area contributed by atoms with Crippen LogP contribution >= 0.6 is 0 Å². The van der Waals surface area contributed by atoms with E-state index in [4.69, 9.17) is 4.42 Å². The van der Waals surface area contributed by atoms with Gasteiger partial charge in [0.25, 0.3) is 0 Å². The van der Waals surface area contributed by atoms with Gasteiger partial charge in [0.05, 0.1) is 30.9 Å². The Bertz CT molecular complexity index is 587. The lowest BCUT2D eigenvalue weighted by molar-refractivity contribution is -0.308. The summed E-state index contributed by atoms with van der Waals surface area (Å²) in [4.78, 5) is 29.2. The highest BCUT2D eigenvalue weighted by Crippen LogP contribution is 2.02. The van der Waals surface area contributed by atoms with Gasteiger partial charge >= 0.3 is 0 Å². The van der Waals surface area contributed by atoms with Gasteiger partial charge in [-0.15, -0.1) is 0 Å². The van der Waals surface area contributed by atoms with E-state index in [1.54, 1.807) is 6.07 Å². The highest BCUT2D eigenvalue weighted by Gasteiger charge is 2.13. The fraction of sp³-hybridized carbons (Fsp3) is 0.154. The molecule has 7 nitrogen and oxygen atoms in total. The predicted octanol–water partition coefficient (Wildman–Crippen LogP) is -0.507. The standard InChI is InChI=1S/C13H13N3O4/c17-12(2-1-9-3-4-20-7-9)16-11(13(18)19)5-10-6-14-8-15-10/h1-4,6-8,11H,5H2,(H,14,15)(H,16,17)(H,18,19)/p-1/b2-1+/t11-/m1/s1. The number of aromatic nitrogens is 2. The molecule has 1 atom stereocenters. The lowest BCUT2D eigenvalue weighted by Crippen LogP contribution is -2.48. The molecular weight excluding hydrogens is 262 g/mol. The molecule has 0 aliphatic heterocycles. The molecule has 20 heavy (non-hydrogen) atoms. The number of amides is 1. The molecule has 2 heterocycles. The average molecular weight is 274 g/mol. The van der Waals surface area contributed by atoms with Gasteiger partial charge in [-0.2, -0.15) is 0 Å². The van der Waals surface area contributed by atoms with Crippen LogP contribution in [0.1, 0.15) is 11.3 Å². The molecule has 0 aliphatic carbocycles. The van der Waals surface area contributed by atoms with Crippen molar-refractivity contribution < 1.29 is 19.1 Å². The van der Waals surface area contributed by atoms with Gasteiger partial charge in [0.1, 0.15) is 0 Å². The Kier molecular flexibility index (Phi) is 4.33. The van der Waals surface area contributed by atoms with Crippen LogP contribution in [-0.2, 0) is 16.0 Å². The molecule has 0 spiro atoms. The zero-order chi connectivity index (χ0) is 14.4. The van der Waals surface area contributed by atoms with Crippen molar-refractivity contribution >= 4 is 18.0 Å². The normalized spacial score (nSPS) is 12.4. The molecule has 0 aromatic carbocycles. The summed E-state index contributed by atoms with van der Waals surface area (Å²) in [7, 11) is 0. The Hall–Kier alpha value is -2.83. The summed E-state index contributed by atoms with van der Waals surface area (Å²) in [6, 6.07) is 0.543. The number of hydrogen-bond donors (Lipinski definition) is 2. The number of hydrogen-bond acceptors (Lipinski definition) is 5. The molecule has 0 unspecified atom stereocenters. The molecule has 0 radical (unpaired) electrons. The number of imidazole rings is 1. The Labute approximate surface area is 114 Å². The molecule has 0 saturated heterocycles. The van der Waals surface area contributed by atoms with Crippen LogP contribution in [0.2, 0.25) is 0 Å². The molecule has 2 aromatic heterocycles. The van der Waals surface area contributed by atoms with Crippen molar-refractivity contribution in [3.8, 4) is 0 Å². The van der Waals surface area contributed by atoms with Crippen molar-refractivity contribution in [2.75, 3.05) is 0 Å². The van der Waals surface area contributed by atoms with Gasteiger partial charge in [0, 0.05) is 30.0 Å². The van der Waals surface area contributed by atoms with Crippen molar-refractivity contribution in [1.29, 1.82) is 0 Å². The quantitative estimate of drug-likeness (QED) is 0.689. The van der Waals surface area contributed by atoms with Crippen LogP contribution in [0.5, 0.6) is 0 Å². The van der Waals surface area contributed by atoms with E-state index in [0.717, 1.165) is 0 Å². The molecule has 1 amide bonds. The van der Waals surface area contributed by atoms with E-state index in [9.17, 15) is 14.7 Å². The monoisotopic (exact) mass is 274 g/mol. The molecule has 2 N–H and O–H groups in total. The van der Waals surface area contributed by atoms with E-state index in [0.29, 0.717) is 11.3 Å². The van der Waals surface area contributed by atoms with Gasteiger partial charge in [0.15, 0.2) is 0 Å². The number of nitrogens with zero attached hydrogens (tertiary/aromatic N) is 1. The fourth-order valence-corrected chi connectivity index (χ4v) is 1.57. The second kappa shape index (κ2) is 6.37. The van der Waals surface area contributed by atoms with Crippen LogP contribution in [0, 0.1) is 0 Å². The third-order valence-electron chi connectivity index (χ3n) is 2.55. The lowest BCUT2D eigenvalue weighted by atomic mass is 10.1. The number of rotatable bonds is 6. The molecule has 0 saturated carbocycles. The van der Waals surface area contributed by atoms with E-state index in [-0.39, 0.29) is 6.42 Å². The number of nitrogens with one attached hydrogen (secondary N) is 2. The molecule has 0 bridgehead atoms. The van der Waals surface area contributed by atoms with Crippen molar-refractivity contribution in [1.82, 2.24) is 15.3 Å². The minimum Gasteiger partial charge on any atom is -0.548 e. The van der Waals surface area contributed by atoms with Gasteiger partial charge in [0.2, 0.25) is 5.91 Å². The number of aliphatic carboxylic acids is 1. The minimum absolute atomic E-state index is 0.0770. The van der Waals surface area contributed by atoms with Crippen molar-refractivity contribution in [2.45, 2.75) is 12.5 Å². The lowest BCUT2D eigenvalue weighted by Gasteiger charge is -2.17. The Morgan fingerprint density at radius 1 is 1.55 bits per heavy atom. The van der Waals surface area contributed by atoms with Gasteiger partial charge in [-0.1, -0.05) is 0 Å². The second-order valence-corrected chi connectivity index (χ2v) is 4.05. The number of carbonyl (C=O) groups is 2. The van der Waals surface area contributed by atoms with Gasteiger partial charge < -0.3 is 24.6 Å². The van der Waals surface area contributed by atoms with E-state index < -0.39 is 17.9 Å². The SMILES string of the molecule is O=C(/C=C/c1ccoc1)N[C@H](Cc1cnc[nH]1)C(=O)[O-]. The smallest absolute Gasteiger partial charge is 0.244 e. The maximum Gasteiger partial charge on any atom is 0.244 e. The molecule has 0 aliphatic rings. The summed E-state index contributed by atoms with van der Waals surface area (Å²) in [6.07, 6.45) is 8.68. The number of furan rings is 1. The summed E-state index contributed by atoms with van der Waals surface area (Å²) in [6.45, 7) is 0. The number of aromatic amines is 1. The Morgan fingerprint density at radius 2 is 2.40 bits per heavy atom. The van der Waals surface area contributed by atoms with E-state index in [1.807, 2.05) is 0 Å². The van der Waals surface area contributed by atoms with Crippen molar-refractivity contribution in [2.24, 2.45) is 0 Å². The van der Waals surface area contributed by atoms with E-state index in [1.165, 1.54) is 37.2 Å². The highest BCUT2D eigenvalue weighted by atomic mass is 16.4. The van der Waals surface area contributed by atoms with Crippen molar-refractivity contribution in [3.63, 3.8) is 0 Å². The molecule has 104 valence electrons. The summed E-state index contributed by atoms with van der Waals surface area (Å²) in [5.41, 5.74) is 1.30. The van der Waals surface area contributed by atoms with E-state index >= 15 is 0 Å². The fourth-order valence-electron chi connectivity index (χ4n) is 1.57. The number of H-pyrrole nitrogens is 1.